The molecule has 3 aliphatic heterocycles. The van der Waals surface area contributed by atoms with Gasteiger partial charge < -0.3 is 20.5 Å². The van der Waals surface area contributed by atoms with E-state index in [-0.39, 0.29) is 5.91 Å². The summed E-state index contributed by atoms with van der Waals surface area (Å²) < 4.78 is 0. The van der Waals surface area contributed by atoms with E-state index in [1.54, 1.807) is 12.3 Å². The molecule has 1 atom stereocenters. The highest BCUT2D eigenvalue weighted by Crippen LogP contribution is 2.32. The Kier molecular flexibility index (Phi) is 5.27. The van der Waals surface area contributed by atoms with Gasteiger partial charge in [0.2, 0.25) is 0 Å². The standard InChI is InChI=1S/C23H26N6O/c1-23(15-27-20-9-6-16(13-24)14-29(20)23)21(25)18-8-7-17(12-19(18)26-2)22(30)28-10-4-3-5-11-28/h6-9,12,14,25-26H,3-5,10-11,15H2,1-2H3/p+1. The van der Waals surface area contributed by atoms with Gasteiger partial charge in [-0.15, -0.1) is 0 Å². The third-order valence-corrected chi connectivity index (χ3v) is 6.20. The van der Waals surface area contributed by atoms with Crippen LogP contribution in [0.25, 0.3) is 0 Å². The average Bonchev–Trinajstić information content (AvgIpc) is 3.15. The Labute approximate surface area is 176 Å². The second kappa shape index (κ2) is 7.88. The number of piperidine rings is 1. The van der Waals surface area contributed by atoms with Gasteiger partial charge in [-0.25, -0.2) is 0 Å². The molecule has 1 unspecified atom stereocenters. The van der Waals surface area contributed by atoms with E-state index in [0.717, 1.165) is 43.0 Å². The second-order valence-electron chi connectivity index (χ2n) is 8.17. The van der Waals surface area contributed by atoms with Crippen molar-refractivity contribution in [2.75, 3.05) is 26.7 Å². The number of rotatable bonds is 4. The number of carbonyl (C=O) groups is 1. The molecule has 0 aromatic heterocycles. The Balaban J connectivity index is 1.63. The number of nitrogens with one attached hydrogen (secondary N) is 1. The van der Waals surface area contributed by atoms with Gasteiger partial charge in [-0.05, 0) is 50.5 Å². The summed E-state index contributed by atoms with van der Waals surface area (Å²) in [5.41, 5.74) is 2.61. The zero-order valence-corrected chi connectivity index (χ0v) is 17.5. The fourth-order valence-electron chi connectivity index (χ4n) is 4.33. The summed E-state index contributed by atoms with van der Waals surface area (Å²) in [6.45, 7) is 4.05. The first-order chi connectivity index (χ1) is 14.5. The zero-order valence-electron chi connectivity index (χ0n) is 17.5. The number of likely N-dealkylation sites (tertiary alicyclic amines) is 1. The lowest BCUT2D eigenvalue weighted by Gasteiger charge is -2.36. The Bertz CT molecular complexity index is 1020. The molecule has 1 aromatic carbocycles. The molecule has 154 valence electrons. The average molecular weight is 404 g/mol. The van der Waals surface area contributed by atoms with Gasteiger partial charge in [0, 0.05) is 30.9 Å². The molecular formula is C23H27N6O+. The number of hydrogen-bond acceptors (Lipinski definition) is 5. The van der Waals surface area contributed by atoms with Crippen molar-refractivity contribution in [1.82, 2.24) is 9.80 Å². The molecule has 1 fully saturated rings. The van der Waals surface area contributed by atoms with E-state index < -0.39 is 5.54 Å². The molecule has 1 amide bonds. The molecule has 30 heavy (non-hydrogen) atoms. The van der Waals surface area contributed by atoms with Gasteiger partial charge in [0.25, 0.3) is 5.91 Å². The molecule has 0 radical (unpaired) electrons. The van der Waals surface area contributed by atoms with Crippen LogP contribution in [0.5, 0.6) is 0 Å². The number of carbonyl (C=O) groups excluding carboxylic acids is 1. The van der Waals surface area contributed by atoms with Crippen molar-refractivity contribution in [3.63, 3.8) is 0 Å². The third-order valence-electron chi connectivity index (χ3n) is 6.20. The number of fused-ring (bicyclic) bond motifs is 1. The van der Waals surface area contributed by atoms with Crippen LogP contribution in [0.1, 0.15) is 42.1 Å². The highest BCUT2D eigenvalue weighted by atomic mass is 16.2. The molecule has 3 heterocycles. The molecule has 4 rings (SSSR count). The molecule has 0 spiro atoms. The number of nitriles is 1. The van der Waals surface area contributed by atoms with Crippen LogP contribution in [-0.4, -0.2) is 59.5 Å². The summed E-state index contributed by atoms with van der Waals surface area (Å²) in [5.74, 6) is 0.830. The van der Waals surface area contributed by atoms with Crippen LogP contribution in [0.3, 0.4) is 0 Å². The van der Waals surface area contributed by atoms with Crippen LogP contribution in [-0.2, 0) is 0 Å². The number of nitrogens with zero attached hydrogens (tertiary/aromatic N) is 4. The predicted molar refractivity (Wildman–Crippen MR) is 116 cm³/mol. The fourth-order valence-corrected chi connectivity index (χ4v) is 4.33. The minimum Gasteiger partial charge on any atom is -0.339 e. The minimum atomic E-state index is -0.682. The smallest absolute Gasteiger partial charge is 0.254 e. The number of quaternary nitrogens is 1. The van der Waals surface area contributed by atoms with E-state index in [1.165, 1.54) is 6.42 Å². The van der Waals surface area contributed by atoms with Gasteiger partial charge in [-0.3, -0.25) is 9.79 Å². The normalized spacial score (nSPS) is 22.8. The van der Waals surface area contributed by atoms with E-state index >= 15 is 0 Å². The molecule has 7 heteroatoms. The highest BCUT2D eigenvalue weighted by Gasteiger charge is 2.43. The maximum absolute atomic E-state index is 12.9. The summed E-state index contributed by atoms with van der Waals surface area (Å²) in [5, 5.41) is 20.2. The minimum absolute atomic E-state index is 0.0661. The topological polar surface area (TPSA) is 100 Å². The van der Waals surface area contributed by atoms with Crippen LogP contribution in [0.2, 0.25) is 0 Å². The van der Waals surface area contributed by atoms with Gasteiger partial charge in [0.1, 0.15) is 23.1 Å². The van der Waals surface area contributed by atoms with E-state index in [9.17, 15) is 10.1 Å². The summed E-state index contributed by atoms with van der Waals surface area (Å²) >= 11 is 0. The predicted octanol–water partition coefficient (Wildman–Crippen LogP) is 1.96. The van der Waals surface area contributed by atoms with Crippen molar-refractivity contribution in [3.05, 3.63) is 53.3 Å². The van der Waals surface area contributed by atoms with Gasteiger partial charge in [0.05, 0.1) is 30.4 Å². The lowest BCUT2D eigenvalue weighted by atomic mass is 9.87. The van der Waals surface area contributed by atoms with E-state index in [0.29, 0.717) is 23.4 Å². The quantitative estimate of drug-likeness (QED) is 0.594. The SMILES string of the molecule is C[NH2+]c1cc(C(=O)N2CCCCC2)ccc1C(=N)C1(C)CN=C2C=CC(C#N)=CN21. The van der Waals surface area contributed by atoms with E-state index in [4.69, 9.17) is 5.41 Å². The summed E-state index contributed by atoms with van der Waals surface area (Å²) in [4.78, 5) is 21.3. The lowest BCUT2D eigenvalue weighted by molar-refractivity contribution is -0.539. The first-order valence-corrected chi connectivity index (χ1v) is 10.4. The van der Waals surface area contributed by atoms with Crippen LogP contribution in [0.15, 0.2) is 47.1 Å². The van der Waals surface area contributed by atoms with Crippen molar-refractivity contribution in [2.45, 2.75) is 31.7 Å². The number of amidine groups is 1. The summed E-state index contributed by atoms with van der Waals surface area (Å²) in [6, 6.07) is 7.78. The monoisotopic (exact) mass is 403 g/mol. The number of allylic oxidation sites excluding steroid dienone is 2. The first-order valence-electron chi connectivity index (χ1n) is 10.4. The third kappa shape index (κ3) is 3.33. The van der Waals surface area contributed by atoms with Crippen LogP contribution >= 0.6 is 0 Å². The molecule has 3 N–H and O–H groups in total. The molecule has 3 aliphatic rings. The lowest BCUT2D eigenvalue weighted by Crippen LogP contribution is -2.73. The summed E-state index contributed by atoms with van der Waals surface area (Å²) in [7, 11) is 1.93. The van der Waals surface area contributed by atoms with Gasteiger partial charge in [-0.1, -0.05) is 0 Å². The van der Waals surface area contributed by atoms with Crippen LogP contribution in [0, 0.1) is 16.7 Å². The molecule has 0 saturated carbocycles. The highest BCUT2D eigenvalue weighted by molar-refractivity contribution is 6.13. The largest absolute Gasteiger partial charge is 0.339 e. The number of aliphatic imine (C=N–C) groups is 1. The maximum atomic E-state index is 12.9. The van der Waals surface area contributed by atoms with Crippen molar-refractivity contribution < 1.29 is 10.1 Å². The van der Waals surface area contributed by atoms with Crippen molar-refractivity contribution >= 4 is 23.1 Å². The van der Waals surface area contributed by atoms with E-state index in [2.05, 4.69) is 11.1 Å². The molecule has 0 aliphatic carbocycles. The first kappa shape index (κ1) is 20.0. The summed E-state index contributed by atoms with van der Waals surface area (Å²) in [6.07, 6.45) is 8.64. The molecular weight excluding hydrogens is 376 g/mol. The number of benzene rings is 1. The fraction of sp³-hybridized carbons (Fsp3) is 0.391. The molecule has 0 bridgehead atoms. The molecule has 1 aromatic rings. The van der Waals surface area contributed by atoms with Gasteiger partial charge in [-0.2, -0.15) is 5.26 Å². The van der Waals surface area contributed by atoms with Crippen molar-refractivity contribution in [2.24, 2.45) is 4.99 Å². The molecule has 1 saturated heterocycles. The maximum Gasteiger partial charge on any atom is 0.254 e. The number of nitrogens with two attached hydrogens (primary N) is 1. The van der Waals surface area contributed by atoms with E-state index in [1.807, 2.05) is 53.4 Å². The Morgan fingerprint density at radius 3 is 2.73 bits per heavy atom. The Morgan fingerprint density at radius 2 is 2.03 bits per heavy atom. The Hall–Kier alpha value is -3.24. The number of hydrogen-bond donors (Lipinski definition) is 2. The van der Waals surface area contributed by atoms with Crippen LogP contribution in [0.4, 0.5) is 5.69 Å². The van der Waals surface area contributed by atoms with Gasteiger partial charge >= 0.3 is 0 Å². The van der Waals surface area contributed by atoms with Gasteiger partial charge in [0.15, 0.2) is 0 Å². The van der Waals surface area contributed by atoms with Crippen molar-refractivity contribution in [3.8, 4) is 6.07 Å². The van der Waals surface area contributed by atoms with Crippen LogP contribution < -0.4 is 5.32 Å². The molecule has 7 nitrogen and oxygen atoms in total. The zero-order chi connectivity index (χ0) is 21.3. The van der Waals surface area contributed by atoms with Crippen molar-refractivity contribution in [1.29, 1.82) is 10.7 Å². The second-order valence-corrected chi connectivity index (χ2v) is 8.17. The Morgan fingerprint density at radius 1 is 1.27 bits per heavy atom. The number of amides is 1.